The minimum Gasteiger partial charge on any atom is -0.391 e. The quantitative estimate of drug-likeness (QED) is 0.798. The molecule has 0 radical (unpaired) electrons. The van der Waals surface area contributed by atoms with Gasteiger partial charge in [0.25, 0.3) is 0 Å². The smallest absolute Gasteiger partial charge is 0.0777 e. The third kappa shape index (κ3) is 1.80. The Hall–Kier alpha value is -0.860. The largest absolute Gasteiger partial charge is 0.391 e. The van der Waals surface area contributed by atoms with Crippen LogP contribution in [0.15, 0.2) is 24.3 Å². The molecule has 0 heterocycles. The Kier molecular flexibility index (Phi) is 2.81. The van der Waals surface area contributed by atoms with Crippen LogP contribution in [0.2, 0.25) is 0 Å². The van der Waals surface area contributed by atoms with Crippen molar-refractivity contribution in [1.29, 1.82) is 0 Å². The number of aliphatic hydroxyl groups is 1. The molecule has 0 unspecified atom stereocenters. The fourth-order valence-corrected chi connectivity index (χ4v) is 2.36. The standard InChI is InChI=1S/C13H19NO/c1-9(2)14(3)13-11-7-5-4-6-10(11)8-12(13)15/h4-7,9,12-13,15H,8H2,1-3H3/t12-,13+/m1/s1. The molecule has 1 aromatic rings. The number of hydrogen-bond donors (Lipinski definition) is 1. The van der Waals surface area contributed by atoms with Crippen molar-refractivity contribution in [3.8, 4) is 0 Å². The molecule has 15 heavy (non-hydrogen) atoms. The Bertz CT molecular complexity index is 348. The lowest BCUT2D eigenvalue weighted by Gasteiger charge is -2.31. The maximum absolute atomic E-state index is 10.1. The van der Waals surface area contributed by atoms with Crippen molar-refractivity contribution in [1.82, 2.24) is 4.90 Å². The summed E-state index contributed by atoms with van der Waals surface area (Å²) < 4.78 is 0. The SMILES string of the molecule is CC(C)N(C)[C@H]1c2ccccc2C[C@H]1O. The van der Waals surface area contributed by atoms with Crippen LogP contribution in [-0.4, -0.2) is 29.2 Å². The minimum atomic E-state index is -0.255. The highest BCUT2D eigenvalue weighted by atomic mass is 16.3. The molecule has 2 rings (SSSR count). The van der Waals surface area contributed by atoms with Gasteiger partial charge in [-0.25, -0.2) is 0 Å². The zero-order chi connectivity index (χ0) is 11.0. The Morgan fingerprint density at radius 1 is 1.33 bits per heavy atom. The summed E-state index contributed by atoms with van der Waals surface area (Å²) in [6.07, 6.45) is 0.535. The van der Waals surface area contributed by atoms with Crippen LogP contribution in [0.4, 0.5) is 0 Å². The summed E-state index contributed by atoms with van der Waals surface area (Å²) in [5, 5.41) is 10.1. The Morgan fingerprint density at radius 2 is 2.00 bits per heavy atom. The molecular weight excluding hydrogens is 186 g/mol. The molecule has 0 spiro atoms. The predicted molar refractivity (Wildman–Crippen MR) is 61.8 cm³/mol. The van der Waals surface area contributed by atoms with Gasteiger partial charge in [-0.2, -0.15) is 0 Å². The molecule has 0 saturated heterocycles. The Balaban J connectivity index is 2.33. The van der Waals surface area contributed by atoms with E-state index in [0.717, 1.165) is 6.42 Å². The van der Waals surface area contributed by atoms with E-state index in [1.807, 2.05) is 6.07 Å². The summed E-state index contributed by atoms with van der Waals surface area (Å²) in [4.78, 5) is 2.25. The van der Waals surface area contributed by atoms with Gasteiger partial charge in [-0.3, -0.25) is 4.90 Å². The van der Waals surface area contributed by atoms with Gasteiger partial charge < -0.3 is 5.11 Å². The number of likely N-dealkylation sites (N-methyl/N-ethyl adjacent to an activating group) is 1. The van der Waals surface area contributed by atoms with Crippen LogP contribution in [0, 0.1) is 0 Å². The number of fused-ring (bicyclic) bond motifs is 1. The van der Waals surface area contributed by atoms with E-state index in [9.17, 15) is 5.11 Å². The van der Waals surface area contributed by atoms with E-state index in [1.165, 1.54) is 11.1 Å². The zero-order valence-electron chi connectivity index (χ0n) is 9.64. The van der Waals surface area contributed by atoms with E-state index in [2.05, 4.69) is 44.0 Å². The summed E-state index contributed by atoms with van der Waals surface area (Å²) in [5.41, 5.74) is 2.59. The first-order chi connectivity index (χ1) is 7.11. The van der Waals surface area contributed by atoms with Gasteiger partial charge in [0.1, 0.15) is 0 Å². The maximum atomic E-state index is 10.1. The molecule has 1 aliphatic carbocycles. The summed E-state index contributed by atoms with van der Waals surface area (Å²) in [7, 11) is 2.08. The number of hydrogen-bond acceptors (Lipinski definition) is 2. The van der Waals surface area contributed by atoms with Crippen molar-refractivity contribution in [3.05, 3.63) is 35.4 Å². The first kappa shape index (κ1) is 10.7. The topological polar surface area (TPSA) is 23.5 Å². The molecule has 0 aliphatic heterocycles. The van der Waals surface area contributed by atoms with Gasteiger partial charge in [0, 0.05) is 12.5 Å². The number of nitrogens with zero attached hydrogens (tertiary/aromatic N) is 1. The van der Waals surface area contributed by atoms with Crippen LogP contribution in [-0.2, 0) is 6.42 Å². The second-order valence-electron chi connectivity index (χ2n) is 4.67. The molecule has 82 valence electrons. The van der Waals surface area contributed by atoms with E-state index in [-0.39, 0.29) is 12.1 Å². The highest BCUT2D eigenvalue weighted by Crippen LogP contribution is 2.35. The second kappa shape index (κ2) is 3.95. The Labute approximate surface area is 91.5 Å². The molecule has 0 bridgehead atoms. The van der Waals surface area contributed by atoms with Gasteiger partial charge in [0.15, 0.2) is 0 Å². The van der Waals surface area contributed by atoms with Crippen LogP contribution >= 0.6 is 0 Å². The highest BCUT2D eigenvalue weighted by molar-refractivity contribution is 5.36. The van der Waals surface area contributed by atoms with Gasteiger partial charge in [0.05, 0.1) is 12.1 Å². The van der Waals surface area contributed by atoms with Crippen molar-refractivity contribution in [3.63, 3.8) is 0 Å². The predicted octanol–water partition coefficient (Wildman–Crippen LogP) is 1.98. The lowest BCUT2D eigenvalue weighted by Crippen LogP contribution is -2.35. The van der Waals surface area contributed by atoms with Crippen LogP contribution in [0.1, 0.15) is 31.0 Å². The van der Waals surface area contributed by atoms with E-state index >= 15 is 0 Å². The molecule has 0 aromatic heterocycles. The summed E-state index contributed by atoms with van der Waals surface area (Å²) in [6.45, 7) is 4.32. The van der Waals surface area contributed by atoms with Crippen LogP contribution < -0.4 is 0 Å². The zero-order valence-corrected chi connectivity index (χ0v) is 9.64. The lowest BCUT2D eigenvalue weighted by atomic mass is 10.1. The molecule has 1 N–H and O–H groups in total. The van der Waals surface area contributed by atoms with Gasteiger partial charge in [-0.1, -0.05) is 24.3 Å². The van der Waals surface area contributed by atoms with Gasteiger partial charge >= 0.3 is 0 Å². The number of aliphatic hydroxyl groups excluding tert-OH is 1. The van der Waals surface area contributed by atoms with Crippen molar-refractivity contribution >= 4 is 0 Å². The average molecular weight is 205 g/mol. The monoisotopic (exact) mass is 205 g/mol. The first-order valence-corrected chi connectivity index (χ1v) is 5.59. The Morgan fingerprint density at radius 3 is 2.67 bits per heavy atom. The van der Waals surface area contributed by atoms with Gasteiger partial charge in [-0.05, 0) is 32.0 Å². The second-order valence-corrected chi connectivity index (χ2v) is 4.67. The molecular formula is C13H19NO. The molecule has 2 nitrogen and oxygen atoms in total. The summed E-state index contributed by atoms with van der Waals surface area (Å²) >= 11 is 0. The first-order valence-electron chi connectivity index (χ1n) is 5.59. The molecule has 2 atom stereocenters. The fraction of sp³-hybridized carbons (Fsp3) is 0.538. The molecule has 2 heteroatoms. The van der Waals surface area contributed by atoms with Crippen LogP contribution in [0.3, 0.4) is 0 Å². The lowest BCUT2D eigenvalue weighted by molar-refractivity contribution is 0.0601. The summed E-state index contributed by atoms with van der Waals surface area (Å²) in [5.74, 6) is 0. The maximum Gasteiger partial charge on any atom is 0.0777 e. The fourth-order valence-electron chi connectivity index (χ4n) is 2.36. The molecule has 1 aliphatic rings. The number of benzene rings is 1. The van der Waals surface area contributed by atoms with Crippen molar-refractivity contribution in [2.24, 2.45) is 0 Å². The minimum absolute atomic E-state index is 0.168. The molecule has 1 aromatic carbocycles. The van der Waals surface area contributed by atoms with Crippen molar-refractivity contribution in [2.45, 2.75) is 38.5 Å². The van der Waals surface area contributed by atoms with Crippen LogP contribution in [0.25, 0.3) is 0 Å². The van der Waals surface area contributed by atoms with E-state index < -0.39 is 0 Å². The van der Waals surface area contributed by atoms with Crippen molar-refractivity contribution in [2.75, 3.05) is 7.05 Å². The average Bonchev–Trinajstić information content (AvgIpc) is 2.52. The highest BCUT2D eigenvalue weighted by Gasteiger charge is 2.34. The van der Waals surface area contributed by atoms with Crippen molar-refractivity contribution < 1.29 is 5.11 Å². The van der Waals surface area contributed by atoms with E-state index in [1.54, 1.807) is 0 Å². The normalized spacial score (nSPS) is 24.9. The molecule has 0 amide bonds. The summed E-state index contributed by atoms with van der Waals surface area (Å²) in [6, 6.07) is 8.97. The van der Waals surface area contributed by atoms with Crippen LogP contribution in [0.5, 0.6) is 0 Å². The third-order valence-corrected chi connectivity index (χ3v) is 3.42. The number of rotatable bonds is 2. The molecule has 0 fully saturated rings. The van der Waals surface area contributed by atoms with Gasteiger partial charge in [-0.15, -0.1) is 0 Å². The van der Waals surface area contributed by atoms with E-state index in [4.69, 9.17) is 0 Å². The van der Waals surface area contributed by atoms with Gasteiger partial charge in [0.2, 0.25) is 0 Å². The van der Waals surface area contributed by atoms with E-state index in [0.29, 0.717) is 6.04 Å². The molecule has 0 saturated carbocycles. The third-order valence-electron chi connectivity index (χ3n) is 3.42.